The molecule has 0 spiro atoms. The maximum Gasteiger partial charge on any atom is 0.408 e. The highest BCUT2D eigenvalue weighted by Gasteiger charge is 2.49. The molecular formula is C16H31NO5Si. The molecule has 0 aromatic rings. The SMILES string of the molecule is CC(C)(C)OC(=O)C1C(O[Si](C)(C)C(C)(C)C)CCN1C(=O)O. The number of likely N-dealkylation sites (tertiary alicyclic amines) is 1. The van der Waals surface area contributed by atoms with E-state index in [2.05, 4.69) is 33.9 Å². The maximum atomic E-state index is 12.5. The number of amides is 1. The zero-order valence-corrected chi connectivity index (χ0v) is 16.6. The zero-order chi connectivity index (χ0) is 18.2. The molecule has 0 radical (unpaired) electrons. The van der Waals surface area contributed by atoms with Gasteiger partial charge in [0.25, 0.3) is 0 Å². The summed E-state index contributed by atoms with van der Waals surface area (Å²) in [7, 11) is -2.11. The van der Waals surface area contributed by atoms with Crippen molar-refractivity contribution in [3.8, 4) is 0 Å². The molecule has 0 saturated carbocycles. The van der Waals surface area contributed by atoms with Gasteiger partial charge in [-0.3, -0.25) is 4.90 Å². The van der Waals surface area contributed by atoms with Crippen molar-refractivity contribution >= 4 is 20.4 Å². The van der Waals surface area contributed by atoms with E-state index in [4.69, 9.17) is 9.16 Å². The van der Waals surface area contributed by atoms with Crippen molar-refractivity contribution in [2.24, 2.45) is 0 Å². The largest absolute Gasteiger partial charge is 0.465 e. The highest BCUT2D eigenvalue weighted by Crippen LogP contribution is 2.39. The Balaban J connectivity index is 3.02. The van der Waals surface area contributed by atoms with E-state index in [1.165, 1.54) is 0 Å². The summed E-state index contributed by atoms with van der Waals surface area (Å²) in [6.45, 7) is 16.2. The molecule has 1 heterocycles. The van der Waals surface area contributed by atoms with Gasteiger partial charge in [-0.25, -0.2) is 9.59 Å². The summed E-state index contributed by atoms with van der Waals surface area (Å²) < 4.78 is 11.7. The van der Waals surface area contributed by atoms with Gasteiger partial charge in [-0.15, -0.1) is 0 Å². The van der Waals surface area contributed by atoms with E-state index in [1.54, 1.807) is 20.8 Å². The first-order valence-electron chi connectivity index (χ1n) is 8.06. The third-order valence-corrected chi connectivity index (χ3v) is 8.99. The molecule has 1 fully saturated rings. The Morgan fingerprint density at radius 1 is 1.13 bits per heavy atom. The van der Waals surface area contributed by atoms with Crippen molar-refractivity contribution in [3.63, 3.8) is 0 Å². The van der Waals surface area contributed by atoms with Crippen LogP contribution in [0.1, 0.15) is 48.0 Å². The number of ether oxygens (including phenoxy) is 1. The average molecular weight is 346 g/mol. The molecule has 1 saturated heterocycles. The van der Waals surface area contributed by atoms with Gasteiger partial charge in [-0.1, -0.05) is 20.8 Å². The number of hydrogen-bond acceptors (Lipinski definition) is 4. The molecule has 23 heavy (non-hydrogen) atoms. The van der Waals surface area contributed by atoms with Crippen LogP contribution in [0.25, 0.3) is 0 Å². The van der Waals surface area contributed by atoms with Crippen LogP contribution >= 0.6 is 0 Å². The van der Waals surface area contributed by atoms with Gasteiger partial charge in [-0.2, -0.15) is 0 Å². The maximum absolute atomic E-state index is 12.5. The molecule has 7 heteroatoms. The fourth-order valence-electron chi connectivity index (χ4n) is 2.30. The van der Waals surface area contributed by atoms with E-state index in [1.807, 2.05) is 0 Å². The van der Waals surface area contributed by atoms with Crippen LogP contribution in [0.4, 0.5) is 4.79 Å². The van der Waals surface area contributed by atoms with Gasteiger partial charge in [0.1, 0.15) is 5.60 Å². The number of nitrogens with zero attached hydrogens (tertiary/aromatic N) is 1. The molecule has 2 unspecified atom stereocenters. The Morgan fingerprint density at radius 3 is 2.04 bits per heavy atom. The minimum absolute atomic E-state index is 0.0118. The first-order valence-corrected chi connectivity index (χ1v) is 11.0. The lowest BCUT2D eigenvalue weighted by molar-refractivity contribution is -0.162. The quantitative estimate of drug-likeness (QED) is 0.626. The van der Waals surface area contributed by atoms with E-state index in [9.17, 15) is 14.7 Å². The Hall–Kier alpha value is -1.08. The molecule has 1 amide bonds. The minimum Gasteiger partial charge on any atom is -0.465 e. The Morgan fingerprint density at radius 2 is 1.65 bits per heavy atom. The van der Waals surface area contributed by atoms with Crippen molar-refractivity contribution < 1.29 is 23.9 Å². The summed E-state index contributed by atoms with van der Waals surface area (Å²) in [6.07, 6.45) is -1.04. The summed E-state index contributed by atoms with van der Waals surface area (Å²) >= 11 is 0. The van der Waals surface area contributed by atoms with E-state index in [0.717, 1.165) is 4.90 Å². The van der Waals surface area contributed by atoms with E-state index >= 15 is 0 Å². The Bertz CT molecular complexity index is 464. The van der Waals surface area contributed by atoms with Crippen molar-refractivity contribution in [2.45, 2.75) is 83.8 Å². The summed E-state index contributed by atoms with van der Waals surface area (Å²) in [6, 6.07) is -0.888. The van der Waals surface area contributed by atoms with Crippen molar-refractivity contribution in [1.82, 2.24) is 4.90 Å². The molecular weight excluding hydrogens is 314 g/mol. The first-order chi connectivity index (χ1) is 10.2. The molecule has 2 atom stereocenters. The Labute approximate surface area is 140 Å². The monoisotopic (exact) mass is 345 g/mol. The smallest absolute Gasteiger partial charge is 0.408 e. The van der Waals surface area contributed by atoms with Crippen LogP contribution in [0.15, 0.2) is 0 Å². The number of carbonyl (C=O) groups is 2. The molecule has 134 valence electrons. The van der Waals surface area contributed by atoms with Crippen molar-refractivity contribution in [1.29, 1.82) is 0 Å². The van der Waals surface area contributed by atoms with Crippen LogP contribution in [0.3, 0.4) is 0 Å². The second-order valence-corrected chi connectivity index (χ2v) is 13.4. The third kappa shape index (κ3) is 4.94. The van der Waals surface area contributed by atoms with Gasteiger partial charge < -0.3 is 14.3 Å². The highest BCUT2D eigenvalue weighted by atomic mass is 28.4. The number of carbonyl (C=O) groups excluding carboxylic acids is 1. The normalized spacial score (nSPS) is 23.0. The van der Waals surface area contributed by atoms with Crippen LogP contribution in [-0.2, 0) is 14.0 Å². The van der Waals surface area contributed by atoms with E-state index in [0.29, 0.717) is 13.0 Å². The number of carboxylic acid groups (broad SMARTS) is 1. The van der Waals surface area contributed by atoms with Gasteiger partial charge in [0.05, 0.1) is 6.10 Å². The summed E-state index contributed by atoms with van der Waals surface area (Å²) in [5.41, 5.74) is -0.661. The van der Waals surface area contributed by atoms with Gasteiger partial charge in [0.15, 0.2) is 14.4 Å². The lowest BCUT2D eigenvalue weighted by atomic mass is 10.1. The number of hydrogen-bond donors (Lipinski definition) is 1. The van der Waals surface area contributed by atoms with Crippen LogP contribution < -0.4 is 0 Å². The standard InChI is InChI=1S/C16H31NO5Si/c1-15(2,3)21-13(18)12-11(9-10-17(12)14(19)20)22-23(7,8)16(4,5)6/h11-12H,9-10H2,1-8H3,(H,19,20). The first kappa shape index (κ1) is 20.0. The van der Waals surface area contributed by atoms with Gasteiger partial charge in [0.2, 0.25) is 0 Å². The molecule has 1 aliphatic rings. The van der Waals surface area contributed by atoms with Crippen LogP contribution in [0.2, 0.25) is 18.1 Å². The van der Waals surface area contributed by atoms with Crippen molar-refractivity contribution in [3.05, 3.63) is 0 Å². The van der Waals surface area contributed by atoms with E-state index in [-0.39, 0.29) is 5.04 Å². The molecule has 1 N–H and O–H groups in total. The fourth-order valence-corrected chi connectivity index (χ4v) is 3.66. The second-order valence-electron chi connectivity index (χ2n) is 8.66. The highest BCUT2D eigenvalue weighted by molar-refractivity contribution is 6.74. The van der Waals surface area contributed by atoms with Crippen LogP contribution in [-0.4, -0.2) is 54.7 Å². The molecule has 0 bridgehead atoms. The Kier molecular flexibility index (Phi) is 5.58. The lowest BCUT2D eigenvalue weighted by Gasteiger charge is -2.40. The molecule has 1 rings (SSSR count). The predicted octanol–water partition coefficient (Wildman–Crippen LogP) is 3.47. The van der Waals surface area contributed by atoms with Crippen molar-refractivity contribution in [2.75, 3.05) is 6.54 Å². The number of rotatable bonds is 3. The van der Waals surface area contributed by atoms with Gasteiger partial charge >= 0.3 is 12.1 Å². The lowest BCUT2D eigenvalue weighted by Crippen LogP contribution is -2.52. The van der Waals surface area contributed by atoms with E-state index < -0.39 is 38.1 Å². The molecule has 1 aliphatic heterocycles. The molecule has 0 aromatic heterocycles. The predicted molar refractivity (Wildman–Crippen MR) is 91.1 cm³/mol. The topological polar surface area (TPSA) is 76.1 Å². The zero-order valence-electron chi connectivity index (χ0n) is 15.6. The van der Waals surface area contributed by atoms with Crippen LogP contribution in [0, 0.1) is 0 Å². The summed E-state index contributed by atoms with van der Waals surface area (Å²) in [5, 5.41) is 9.37. The van der Waals surface area contributed by atoms with Crippen LogP contribution in [0.5, 0.6) is 0 Å². The second kappa shape index (κ2) is 6.43. The number of esters is 1. The molecule has 6 nitrogen and oxygen atoms in total. The molecule has 0 aromatic carbocycles. The summed E-state index contributed by atoms with van der Waals surface area (Å²) in [5.74, 6) is -0.527. The molecule has 0 aliphatic carbocycles. The summed E-state index contributed by atoms with van der Waals surface area (Å²) in [4.78, 5) is 25.1. The average Bonchev–Trinajstić information content (AvgIpc) is 2.67. The third-order valence-electron chi connectivity index (χ3n) is 4.49. The van der Waals surface area contributed by atoms with Gasteiger partial charge in [-0.05, 0) is 45.3 Å². The minimum atomic E-state index is -2.11. The fraction of sp³-hybridized carbons (Fsp3) is 0.875. The van der Waals surface area contributed by atoms with Gasteiger partial charge in [0, 0.05) is 6.54 Å².